The lowest BCUT2D eigenvalue weighted by Crippen LogP contribution is -2.31. The highest BCUT2D eigenvalue weighted by Gasteiger charge is 2.16. The second kappa shape index (κ2) is 5.44. The van der Waals surface area contributed by atoms with Crippen molar-refractivity contribution in [1.29, 1.82) is 0 Å². The molecule has 0 spiro atoms. The van der Waals surface area contributed by atoms with Gasteiger partial charge in [0, 0.05) is 5.92 Å². The number of hydrogen-bond acceptors (Lipinski definition) is 5. The number of hydrogen-bond donors (Lipinski definition) is 0. The molecule has 2 aromatic rings. The molecule has 0 saturated heterocycles. The van der Waals surface area contributed by atoms with Crippen LogP contribution >= 0.6 is 0 Å². The van der Waals surface area contributed by atoms with Gasteiger partial charge < -0.3 is 4.74 Å². The van der Waals surface area contributed by atoms with Gasteiger partial charge in [-0.3, -0.25) is 9.59 Å². The quantitative estimate of drug-likeness (QED) is 0.776. The first-order valence-corrected chi connectivity index (χ1v) is 6.57. The standard InChI is InChI=1S/C13H18N4O3/c1-5-20-11(18)7-16-13(19)10-6-9(4)14-17(10)12(15-16)8(2)3/h6,8H,5,7H2,1-4H3. The van der Waals surface area contributed by atoms with E-state index in [0.717, 1.165) is 10.4 Å². The van der Waals surface area contributed by atoms with Crippen LogP contribution in [0.3, 0.4) is 0 Å². The number of carbonyl (C=O) groups excluding carboxylic acids is 1. The molecule has 0 saturated carbocycles. The number of fused-ring (bicyclic) bond motifs is 1. The average molecular weight is 278 g/mol. The molecule has 0 aliphatic carbocycles. The second-order valence-corrected chi connectivity index (χ2v) is 4.86. The summed E-state index contributed by atoms with van der Waals surface area (Å²) in [5, 5.41) is 8.52. The van der Waals surface area contributed by atoms with Crippen LogP contribution < -0.4 is 5.56 Å². The molecule has 2 aromatic heterocycles. The molecule has 0 radical (unpaired) electrons. The van der Waals surface area contributed by atoms with Gasteiger partial charge in [0.05, 0.1) is 12.3 Å². The number of esters is 1. The zero-order valence-electron chi connectivity index (χ0n) is 12.1. The highest BCUT2D eigenvalue weighted by Crippen LogP contribution is 2.12. The Morgan fingerprint density at radius 2 is 2.10 bits per heavy atom. The molecule has 0 aromatic carbocycles. The molecule has 0 amide bonds. The van der Waals surface area contributed by atoms with E-state index in [1.807, 2.05) is 20.8 Å². The third-order valence-electron chi connectivity index (χ3n) is 2.83. The Hall–Kier alpha value is -2.18. The second-order valence-electron chi connectivity index (χ2n) is 4.86. The summed E-state index contributed by atoms with van der Waals surface area (Å²) >= 11 is 0. The molecule has 7 heteroatoms. The van der Waals surface area contributed by atoms with Crippen molar-refractivity contribution in [3.8, 4) is 0 Å². The van der Waals surface area contributed by atoms with Crippen molar-refractivity contribution in [3.05, 3.63) is 27.9 Å². The number of carbonyl (C=O) groups is 1. The molecule has 0 fully saturated rings. The van der Waals surface area contributed by atoms with Crippen LogP contribution in [0.2, 0.25) is 0 Å². The summed E-state index contributed by atoms with van der Waals surface area (Å²) in [6.45, 7) is 7.53. The number of rotatable bonds is 4. The van der Waals surface area contributed by atoms with Crippen molar-refractivity contribution in [2.75, 3.05) is 6.61 Å². The van der Waals surface area contributed by atoms with Crippen molar-refractivity contribution < 1.29 is 9.53 Å². The third kappa shape index (κ3) is 2.56. The Labute approximate surface area is 116 Å². The summed E-state index contributed by atoms with van der Waals surface area (Å²) in [4.78, 5) is 23.8. The van der Waals surface area contributed by atoms with Crippen molar-refractivity contribution in [3.63, 3.8) is 0 Å². The van der Waals surface area contributed by atoms with Crippen LogP contribution in [-0.2, 0) is 16.1 Å². The normalized spacial score (nSPS) is 11.2. The molecular formula is C13H18N4O3. The smallest absolute Gasteiger partial charge is 0.327 e. The first-order chi connectivity index (χ1) is 9.43. The fraction of sp³-hybridized carbons (Fsp3) is 0.538. The summed E-state index contributed by atoms with van der Waals surface area (Å²) in [6.07, 6.45) is 0. The molecule has 7 nitrogen and oxygen atoms in total. The van der Waals surface area contributed by atoms with Gasteiger partial charge >= 0.3 is 5.97 Å². The molecule has 108 valence electrons. The maximum atomic E-state index is 12.3. The van der Waals surface area contributed by atoms with E-state index in [0.29, 0.717) is 11.3 Å². The Morgan fingerprint density at radius 3 is 2.70 bits per heavy atom. The van der Waals surface area contributed by atoms with Gasteiger partial charge in [-0.15, -0.1) is 0 Å². The van der Waals surface area contributed by atoms with E-state index in [4.69, 9.17) is 4.74 Å². The molecule has 20 heavy (non-hydrogen) atoms. The van der Waals surface area contributed by atoms with Gasteiger partial charge in [-0.1, -0.05) is 13.8 Å². The first kappa shape index (κ1) is 14.2. The zero-order valence-corrected chi connectivity index (χ0v) is 12.1. The predicted octanol–water partition coefficient (Wildman–Crippen LogP) is 0.886. The molecule has 0 bridgehead atoms. The molecule has 0 N–H and O–H groups in total. The maximum Gasteiger partial charge on any atom is 0.327 e. The number of ether oxygens (including phenoxy) is 1. The van der Waals surface area contributed by atoms with Gasteiger partial charge in [-0.05, 0) is 19.9 Å². The lowest BCUT2D eigenvalue weighted by atomic mass is 10.2. The minimum Gasteiger partial charge on any atom is -0.465 e. The van der Waals surface area contributed by atoms with Crippen LogP contribution in [0.25, 0.3) is 5.52 Å². The largest absolute Gasteiger partial charge is 0.465 e. The highest BCUT2D eigenvalue weighted by atomic mass is 16.5. The van der Waals surface area contributed by atoms with Crippen LogP contribution in [0.1, 0.15) is 38.2 Å². The summed E-state index contributed by atoms with van der Waals surface area (Å²) in [5.41, 5.74) is 0.813. The van der Waals surface area contributed by atoms with E-state index in [1.54, 1.807) is 17.5 Å². The van der Waals surface area contributed by atoms with E-state index in [1.165, 1.54) is 0 Å². The van der Waals surface area contributed by atoms with E-state index in [-0.39, 0.29) is 24.6 Å². The topological polar surface area (TPSA) is 78.5 Å². The van der Waals surface area contributed by atoms with E-state index < -0.39 is 5.97 Å². The summed E-state index contributed by atoms with van der Waals surface area (Å²) < 4.78 is 7.55. The number of aromatic nitrogens is 4. The van der Waals surface area contributed by atoms with Gasteiger partial charge in [0.25, 0.3) is 5.56 Å². The molecule has 2 rings (SSSR count). The van der Waals surface area contributed by atoms with Crippen molar-refractivity contribution >= 4 is 11.5 Å². The van der Waals surface area contributed by atoms with Crippen LogP contribution in [0.4, 0.5) is 0 Å². The van der Waals surface area contributed by atoms with Crippen molar-refractivity contribution in [1.82, 2.24) is 19.4 Å². The fourth-order valence-corrected chi connectivity index (χ4v) is 1.97. The Bertz CT molecular complexity index is 699. The molecule has 2 heterocycles. The summed E-state index contributed by atoms with van der Waals surface area (Å²) in [5.74, 6) is 0.236. The van der Waals surface area contributed by atoms with E-state index >= 15 is 0 Å². The van der Waals surface area contributed by atoms with Gasteiger partial charge in [0.2, 0.25) is 0 Å². The van der Waals surface area contributed by atoms with E-state index in [2.05, 4.69) is 10.2 Å². The van der Waals surface area contributed by atoms with Crippen molar-refractivity contribution in [2.45, 2.75) is 40.2 Å². The SMILES string of the molecule is CCOC(=O)Cn1nc(C(C)C)n2nc(C)cc2c1=O. The molecule has 0 aliphatic heterocycles. The molecule has 0 aliphatic rings. The summed E-state index contributed by atoms with van der Waals surface area (Å²) in [7, 11) is 0. The van der Waals surface area contributed by atoms with E-state index in [9.17, 15) is 9.59 Å². The minimum absolute atomic E-state index is 0.0749. The van der Waals surface area contributed by atoms with Gasteiger partial charge in [-0.25, -0.2) is 9.20 Å². The third-order valence-corrected chi connectivity index (χ3v) is 2.83. The Balaban J connectivity index is 2.58. The van der Waals surface area contributed by atoms with Gasteiger partial charge in [-0.2, -0.15) is 10.2 Å². The lowest BCUT2D eigenvalue weighted by Gasteiger charge is -2.11. The minimum atomic E-state index is -0.475. The van der Waals surface area contributed by atoms with Crippen LogP contribution in [0.15, 0.2) is 10.9 Å². The maximum absolute atomic E-state index is 12.3. The summed E-state index contributed by atoms with van der Waals surface area (Å²) in [6, 6.07) is 1.69. The van der Waals surface area contributed by atoms with Crippen LogP contribution in [0.5, 0.6) is 0 Å². The first-order valence-electron chi connectivity index (χ1n) is 6.57. The zero-order chi connectivity index (χ0) is 14.9. The predicted molar refractivity (Wildman–Crippen MR) is 72.7 cm³/mol. The van der Waals surface area contributed by atoms with Crippen molar-refractivity contribution in [2.24, 2.45) is 0 Å². The number of nitrogens with zero attached hydrogens (tertiary/aromatic N) is 4. The average Bonchev–Trinajstić information content (AvgIpc) is 2.74. The number of aryl methyl sites for hydroxylation is 1. The lowest BCUT2D eigenvalue weighted by molar-refractivity contribution is -0.144. The molecule has 0 unspecified atom stereocenters. The van der Waals surface area contributed by atoms with Gasteiger partial charge in [0.1, 0.15) is 12.1 Å². The Kier molecular flexibility index (Phi) is 3.87. The monoisotopic (exact) mass is 278 g/mol. The molecular weight excluding hydrogens is 260 g/mol. The Morgan fingerprint density at radius 1 is 1.40 bits per heavy atom. The van der Waals surface area contributed by atoms with Crippen LogP contribution in [-0.4, -0.2) is 32.0 Å². The highest BCUT2D eigenvalue weighted by molar-refractivity contribution is 5.69. The van der Waals surface area contributed by atoms with Crippen LogP contribution in [0, 0.1) is 6.92 Å². The van der Waals surface area contributed by atoms with Gasteiger partial charge in [0.15, 0.2) is 5.82 Å². The fourth-order valence-electron chi connectivity index (χ4n) is 1.97. The molecule has 0 atom stereocenters.